The molecule has 102 valence electrons. The lowest BCUT2D eigenvalue weighted by Crippen LogP contribution is -2.32. The van der Waals surface area contributed by atoms with Gasteiger partial charge >= 0.3 is 5.97 Å². The number of fused-ring (bicyclic) bond motifs is 1. The minimum absolute atomic E-state index is 0.392. The number of carboxylic acids is 1. The molecule has 0 saturated heterocycles. The van der Waals surface area contributed by atoms with Crippen LogP contribution in [0.5, 0.6) is 0 Å². The van der Waals surface area contributed by atoms with Gasteiger partial charge in [-0.15, -0.1) is 0 Å². The highest BCUT2D eigenvalue weighted by Gasteiger charge is 2.13. The molecule has 0 spiro atoms. The standard InChI is InChI=1S/C13H17N3O2S/c1-2-16-12-6-4-3-5-9(12)11(15-16)8-19-7-10(14)13(17)18/h3-6,10H,2,7-8,14H2,1H3,(H,17,18)/t10-/m0/s1. The summed E-state index contributed by atoms with van der Waals surface area (Å²) < 4.78 is 1.96. The molecule has 5 nitrogen and oxygen atoms in total. The lowest BCUT2D eigenvalue weighted by molar-refractivity contribution is -0.137. The first-order valence-corrected chi connectivity index (χ1v) is 7.29. The van der Waals surface area contributed by atoms with E-state index in [1.54, 1.807) is 0 Å². The van der Waals surface area contributed by atoms with Gasteiger partial charge in [-0.1, -0.05) is 18.2 Å². The number of hydrogen-bond acceptors (Lipinski definition) is 4. The van der Waals surface area contributed by atoms with Crippen LogP contribution >= 0.6 is 11.8 Å². The second kappa shape index (κ2) is 6.08. The minimum atomic E-state index is -0.962. The Morgan fingerprint density at radius 3 is 2.95 bits per heavy atom. The van der Waals surface area contributed by atoms with Gasteiger partial charge in [-0.3, -0.25) is 9.48 Å². The molecule has 0 radical (unpaired) electrons. The highest BCUT2D eigenvalue weighted by molar-refractivity contribution is 7.98. The van der Waals surface area contributed by atoms with Gasteiger partial charge in [-0.2, -0.15) is 16.9 Å². The third-order valence-electron chi connectivity index (χ3n) is 2.89. The molecule has 0 aliphatic rings. The van der Waals surface area contributed by atoms with E-state index in [1.807, 2.05) is 28.9 Å². The van der Waals surface area contributed by atoms with Crippen LogP contribution in [0.3, 0.4) is 0 Å². The number of aromatic nitrogens is 2. The maximum Gasteiger partial charge on any atom is 0.321 e. The SMILES string of the molecule is CCn1nc(CSC[C@H](N)C(=O)O)c2ccccc21. The molecule has 19 heavy (non-hydrogen) atoms. The Morgan fingerprint density at radius 2 is 2.26 bits per heavy atom. The number of aliphatic carboxylic acids is 1. The van der Waals surface area contributed by atoms with Gasteiger partial charge in [0.15, 0.2) is 0 Å². The highest BCUT2D eigenvalue weighted by Crippen LogP contribution is 2.22. The van der Waals surface area contributed by atoms with Gasteiger partial charge in [0.2, 0.25) is 0 Å². The summed E-state index contributed by atoms with van der Waals surface area (Å²) in [5, 5.41) is 14.4. The third-order valence-corrected chi connectivity index (χ3v) is 3.96. The topological polar surface area (TPSA) is 81.1 Å². The summed E-state index contributed by atoms with van der Waals surface area (Å²) in [4.78, 5) is 10.6. The van der Waals surface area contributed by atoms with Gasteiger partial charge in [0.25, 0.3) is 0 Å². The Balaban J connectivity index is 2.10. The number of rotatable bonds is 6. The number of nitrogens with two attached hydrogens (primary N) is 1. The van der Waals surface area contributed by atoms with Crippen molar-refractivity contribution in [3.05, 3.63) is 30.0 Å². The summed E-state index contributed by atoms with van der Waals surface area (Å²) in [6.45, 7) is 2.87. The van der Waals surface area contributed by atoms with Crippen molar-refractivity contribution in [3.8, 4) is 0 Å². The number of carbonyl (C=O) groups is 1. The molecule has 2 aromatic rings. The molecule has 1 atom stereocenters. The summed E-state index contributed by atoms with van der Waals surface area (Å²) in [5.74, 6) is 0.105. The molecule has 1 aromatic heterocycles. The second-order valence-corrected chi connectivity index (χ2v) is 5.27. The molecule has 0 fully saturated rings. The number of nitrogens with zero attached hydrogens (tertiary/aromatic N) is 2. The Bertz CT molecular complexity index is 582. The van der Waals surface area contributed by atoms with Gasteiger partial charge in [-0.05, 0) is 13.0 Å². The highest BCUT2D eigenvalue weighted by atomic mass is 32.2. The Kier molecular flexibility index (Phi) is 4.44. The van der Waals surface area contributed by atoms with Crippen molar-refractivity contribution in [2.75, 3.05) is 5.75 Å². The third kappa shape index (κ3) is 3.08. The molecule has 1 aromatic carbocycles. The first-order chi connectivity index (χ1) is 9.13. The van der Waals surface area contributed by atoms with E-state index in [0.29, 0.717) is 11.5 Å². The number of para-hydroxylation sites is 1. The Labute approximate surface area is 115 Å². The summed E-state index contributed by atoms with van der Waals surface area (Å²) in [6, 6.07) is 7.25. The van der Waals surface area contributed by atoms with Crippen LogP contribution in [0.25, 0.3) is 10.9 Å². The number of aryl methyl sites for hydroxylation is 1. The van der Waals surface area contributed by atoms with Gasteiger partial charge in [0.05, 0.1) is 11.2 Å². The maximum absolute atomic E-state index is 10.6. The molecule has 0 aliphatic heterocycles. The van der Waals surface area contributed by atoms with Gasteiger partial charge in [-0.25, -0.2) is 0 Å². The number of hydrogen-bond donors (Lipinski definition) is 2. The van der Waals surface area contributed by atoms with Crippen LogP contribution in [0.1, 0.15) is 12.6 Å². The van der Waals surface area contributed by atoms with Crippen LogP contribution < -0.4 is 5.73 Å². The lowest BCUT2D eigenvalue weighted by Gasteiger charge is -2.04. The molecule has 1 heterocycles. The van der Waals surface area contributed by atoms with E-state index in [9.17, 15) is 4.79 Å². The van der Waals surface area contributed by atoms with Crippen molar-refractivity contribution in [1.29, 1.82) is 0 Å². The second-order valence-electron chi connectivity index (χ2n) is 4.24. The molecule has 0 unspecified atom stereocenters. The van der Waals surface area contributed by atoms with Crippen LogP contribution in [-0.4, -0.2) is 32.7 Å². The number of carboxylic acid groups (broad SMARTS) is 1. The van der Waals surface area contributed by atoms with Crippen molar-refractivity contribution in [1.82, 2.24) is 9.78 Å². The van der Waals surface area contributed by atoms with Crippen LogP contribution in [0, 0.1) is 0 Å². The van der Waals surface area contributed by atoms with E-state index >= 15 is 0 Å². The zero-order valence-electron chi connectivity index (χ0n) is 10.7. The van der Waals surface area contributed by atoms with Gasteiger partial charge in [0.1, 0.15) is 6.04 Å². The summed E-state index contributed by atoms with van der Waals surface area (Å²) >= 11 is 1.50. The fraction of sp³-hybridized carbons (Fsp3) is 0.385. The first-order valence-electron chi connectivity index (χ1n) is 6.14. The van der Waals surface area contributed by atoms with Crippen molar-refractivity contribution in [3.63, 3.8) is 0 Å². The van der Waals surface area contributed by atoms with Crippen LogP contribution in [-0.2, 0) is 17.1 Å². The molecule has 6 heteroatoms. The van der Waals surface area contributed by atoms with Crippen LogP contribution in [0.15, 0.2) is 24.3 Å². The molecule has 0 bridgehead atoms. The van der Waals surface area contributed by atoms with Crippen molar-refractivity contribution in [2.24, 2.45) is 5.73 Å². The number of thioether (sulfide) groups is 1. The average molecular weight is 279 g/mol. The van der Waals surface area contributed by atoms with E-state index in [4.69, 9.17) is 10.8 Å². The summed E-state index contributed by atoms with van der Waals surface area (Å²) in [7, 11) is 0. The smallest absolute Gasteiger partial charge is 0.321 e. The normalized spacial score (nSPS) is 12.7. The molecule has 0 aliphatic carbocycles. The molecule has 3 N–H and O–H groups in total. The molecule has 2 rings (SSSR count). The fourth-order valence-electron chi connectivity index (χ4n) is 1.90. The summed E-state index contributed by atoms with van der Waals surface area (Å²) in [5.41, 5.74) is 7.58. The predicted molar refractivity (Wildman–Crippen MR) is 77.2 cm³/mol. The van der Waals surface area contributed by atoms with Gasteiger partial charge in [0, 0.05) is 23.4 Å². The Morgan fingerprint density at radius 1 is 1.53 bits per heavy atom. The molecule has 0 saturated carbocycles. The maximum atomic E-state index is 10.6. The Hall–Kier alpha value is -1.53. The van der Waals surface area contributed by atoms with Crippen molar-refractivity contribution in [2.45, 2.75) is 25.3 Å². The molecular weight excluding hydrogens is 262 g/mol. The van der Waals surface area contributed by atoms with Crippen molar-refractivity contribution < 1.29 is 9.90 Å². The zero-order chi connectivity index (χ0) is 13.8. The quantitative estimate of drug-likeness (QED) is 0.841. The molecule has 0 amide bonds. The van der Waals surface area contributed by atoms with Crippen LogP contribution in [0.2, 0.25) is 0 Å². The van der Waals surface area contributed by atoms with Crippen LogP contribution in [0.4, 0.5) is 0 Å². The zero-order valence-corrected chi connectivity index (χ0v) is 11.6. The first kappa shape index (κ1) is 13.9. The monoisotopic (exact) mass is 279 g/mol. The minimum Gasteiger partial charge on any atom is -0.480 e. The lowest BCUT2D eigenvalue weighted by atomic mass is 10.2. The predicted octanol–water partition coefficient (Wildman–Crippen LogP) is 1.70. The fourth-order valence-corrected chi connectivity index (χ4v) is 2.82. The van der Waals surface area contributed by atoms with E-state index in [0.717, 1.165) is 23.1 Å². The average Bonchev–Trinajstić information content (AvgIpc) is 2.77. The van der Waals surface area contributed by atoms with E-state index in [-0.39, 0.29) is 0 Å². The van der Waals surface area contributed by atoms with E-state index in [1.165, 1.54) is 11.8 Å². The number of benzene rings is 1. The van der Waals surface area contributed by atoms with Crippen molar-refractivity contribution >= 4 is 28.6 Å². The largest absolute Gasteiger partial charge is 0.480 e. The summed E-state index contributed by atoms with van der Waals surface area (Å²) in [6.07, 6.45) is 0. The van der Waals surface area contributed by atoms with E-state index < -0.39 is 12.0 Å². The van der Waals surface area contributed by atoms with Gasteiger partial charge < -0.3 is 10.8 Å². The van der Waals surface area contributed by atoms with E-state index in [2.05, 4.69) is 12.0 Å². The molecular formula is C13H17N3O2S.